The first-order valence-corrected chi connectivity index (χ1v) is 5.88. The van der Waals surface area contributed by atoms with Crippen molar-refractivity contribution in [2.24, 2.45) is 5.41 Å². The molecule has 2 heteroatoms. The van der Waals surface area contributed by atoms with Crippen LogP contribution in [0.5, 0.6) is 5.75 Å². The van der Waals surface area contributed by atoms with Crippen molar-refractivity contribution in [3.05, 3.63) is 29.8 Å². The molecule has 1 aromatic rings. The fourth-order valence-electron chi connectivity index (χ4n) is 1.34. The molecule has 0 fully saturated rings. The molecule has 0 aliphatic rings. The van der Waals surface area contributed by atoms with Crippen LogP contribution in [0.3, 0.4) is 0 Å². The molecule has 0 spiro atoms. The van der Waals surface area contributed by atoms with Crippen molar-refractivity contribution in [2.45, 2.75) is 20.3 Å². The lowest BCUT2D eigenvalue weighted by Gasteiger charge is -2.21. The van der Waals surface area contributed by atoms with Crippen LogP contribution < -0.4 is 4.74 Å². The van der Waals surface area contributed by atoms with E-state index in [0.29, 0.717) is 5.41 Å². The van der Waals surface area contributed by atoms with Gasteiger partial charge in [0.2, 0.25) is 0 Å². The van der Waals surface area contributed by atoms with E-state index in [1.807, 2.05) is 12.1 Å². The molecule has 0 amide bonds. The van der Waals surface area contributed by atoms with Gasteiger partial charge in [0, 0.05) is 5.33 Å². The molecular weight excluding hydrogens is 240 g/mol. The Labute approximate surface area is 94.6 Å². The Morgan fingerprint density at radius 3 is 2.21 bits per heavy atom. The average Bonchev–Trinajstić information content (AvgIpc) is 2.19. The first kappa shape index (κ1) is 11.6. The van der Waals surface area contributed by atoms with E-state index in [1.54, 1.807) is 7.11 Å². The van der Waals surface area contributed by atoms with E-state index in [-0.39, 0.29) is 0 Å². The molecule has 0 radical (unpaired) electrons. The second kappa shape index (κ2) is 4.83. The van der Waals surface area contributed by atoms with Crippen molar-refractivity contribution in [3.8, 4) is 5.75 Å². The van der Waals surface area contributed by atoms with Crippen molar-refractivity contribution >= 4 is 15.9 Å². The van der Waals surface area contributed by atoms with Gasteiger partial charge in [-0.05, 0) is 29.5 Å². The van der Waals surface area contributed by atoms with Crippen LogP contribution in [0.15, 0.2) is 24.3 Å². The minimum atomic E-state index is 0.314. The van der Waals surface area contributed by atoms with Crippen LogP contribution in [-0.4, -0.2) is 12.4 Å². The van der Waals surface area contributed by atoms with Crippen LogP contribution >= 0.6 is 15.9 Å². The van der Waals surface area contributed by atoms with Crippen molar-refractivity contribution < 1.29 is 4.74 Å². The number of ether oxygens (including phenoxy) is 1. The molecule has 0 N–H and O–H groups in total. The topological polar surface area (TPSA) is 9.23 Å². The molecular formula is C12H17BrO. The Kier molecular flexibility index (Phi) is 3.99. The van der Waals surface area contributed by atoms with Gasteiger partial charge in [0.15, 0.2) is 0 Å². The fraction of sp³-hybridized carbons (Fsp3) is 0.500. The first-order chi connectivity index (χ1) is 6.57. The van der Waals surface area contributed by atoms with E-state index in [4.69, 9.17) is 4.74 Å². The van der Waals surface area contributed by atoms with E-state index in [0.717, 1.165) is 17.5 Å². The minimum absolute atomic E-state index is 0.314. The van der Waals surface area contributed by atoms with Crippen LogP contribution in [0.4, 0.5) is 0 Å². The van der Waals surface area contributed by atoms with Crippen LogP contribution in [0.1, 0.15) is 19.4 Å². The molecule has 0 unspecified atom stereocenters. The summed E-state index contributed by atoms with van der Waals surface area (Å²) < 4.78 is 5.12. The van der Waals surface area contributed by atoms with E-state index in [9.17, 15) is 0 Å². The zero-order chi connectivity index (χ0) is 10.6. The summed E-state index contributed by atoms with van der Waals surface area (Å²) >= 11 is 3.53. The van der Waals surface area contributed by atoms with Crippen LogP contribution in [0.2, 0.25) is 0 Å². The average molecular weight is 257 g/mol. The molecule has 0 bridgehead atoms. The highest BCUT2D eigenvalue weighted by molar-refractivity contribution is 9.09. The normalized spacial score (nSPS) is 11.4. The quantitative estimate of drug-likeness (QED) is 0.748. The summed E-state index contributed by atoms with van der Waals surface area (Å²) in [7, 11) is 1.69. The predicted octanol–water partition coefficient (Wildman–Crippen LogP) is 3.66. The number of methoxy groups -OCH3 is 1. The van der Waals surface area contributed by atoms with Crippen molar-refractivity contribution in [2.75, 3.05) is 12.4 Å². The lowest BCUT2D eigenvalue weighted by Crippen LogP contribution is -2.16. The Morgan fingerprint density at radius 2 is 1.79 bits per heavy atom. The number of halogens is 1. The highest BCUT2D eigenvalue weighted by Gasteiger charge is 2.16. The van der Waals surface area contributed by atoms with Gasteiger partial charge in [0.05, 0.1) is 7.11 Å². The number of hydrogen-bond acceptors (Lipinski definition) is 1. The van der Waals surface area contributed by atoms with Crippen molar-refractivity contribution in [3.63, 3.8) is 0 Å². The standard InChI is InChI=1S/C12H17BrO/c1-12(2,9-13)8-10-4-6-11(14-3)7-5-10/h4-7H,8-9H2,1-3H3. The van der Waals surface area contributed by atoms with Crippen LogP contribution in [0.25, 0.3) is 0 Å². The molecule has 0 saturated carbocycles. The maximum atomic E-state index is 5.12. The van der Waals surface area contributed by atoms with Gasteiger partial charge < -0.3 is 4.74 Å². The fourth-order valence-corrected chi connectivity index (χ4v) is 1.54. The van der Waals surface area contributed by atoms with E-state index in [2.05, 4.69) is 41.9 Å². The summed E-state index contributed by atoms with van der Waals surface area (Å²) in [5, 5.41) is 1.02. The van der Waals surface area contributed by atoms with E-state index in [1.165, 1.54) is 5.56 Å². The van der Waals surface area contributed by atoms with E-state index >= 15 is 0 Å². The third kappa shape index (κ3) is 3.33. The Bertz CT molecular complexity index is 277. The summed E-state index contributed by atoms with van der Waals surface area (Å²) in [4.78, 5) is 0. The largest absolute Gasteiger partial charge is 0.497 e. The lowest BCUT2D eigenvalue weighted by molar-refractivity contribution is 0.411. The molecule has 0 aromatic heterocycles. The second-order valence-electron chi connectivity index (χ2n) is 4.32. The van der Waals surface area contributed by atoms with Gasteiger partial charge in [-0.25, -0.2) is 0 Å². The molecule has 0 aliphatic carbocycles. The molecule has 78 valence electrons. The summed E-state index contributed by atoms with van der Waals surface area (Å²) in [5.41, 5.74) is 1.67. The van der Waals surface area contributed by atoms with Gasteiger partial charge in [-0.3, -0.25) is 0 Å². The summed E-state index contributed by atoms with van der Waals surface area (Å²) in [6.45, 7) is 4.51. The van der Waals surface area contributed by atoms with Gasteiger partial charge in [-0.15, -0.1) is 0 Å². The monoisotopic (exact) mass is 256 g/mol. The van der Waals surface area contributed by atoms with Gasteiger partial charge >= 0.3 is 0 Å². The number of rotatable bonds is 4. The van der Waals surface area contributed by atoms with Gasteiger partial charge in [0.1, 0.15) is 5.75 Å². The Morgan fingerprint density at radius 1 is 1.21 bits per heavy atom. The zero-order valence-electron chi connectivity index (χ0n) is 9.01. The number of alkyl halides is 1. The smallest absolute Gasteiger partial charge is 0.118 e. The van der Waals surface area contributed by atoms with Gasteiger partial charge in [0.25, 0.3) is 0 Å². The maximum Gasteiger partial charge on any atom is 0.118 e. The van der Waals surface area contributed by atoms with Crippen molar-refractivity contribution in [1.29, 1.82) is 0 Å². The van der Waals surface area contributed by atoms with Crippen molar-refractivity contribution in [1.82, 2.24) is 0 Å². The predicted molar refractivity (Wildman–Crippen MR) is 64.3 cm³/mol. The minimum Gasteiger partial charge on any atom is -0.497 e. The SMILES string of the molecule is COc1ccc(CC(C)(C)CBr)cc1. The zero-order valence-corrected chi connectivity index (χ0v) is 10.6. The lowest BCUT2D eigenvalue weighted by atomic mass is 9.88. The summed E-state index contributed by atoms with van der Waals surface area (Å²) in [6, 6.07) is 8.28. The third-order valence-corrected chi connectivity index (χ3v) is 3.72. The summed E-state index contributed by atoms with van der Waals surface area (Å²) in [5.74, 6) is 0.922. The molecule has 1 rings (SSSR count). The molecule has 0 aliphatic heterocycles. The molecule has 0 saturated heterocycles. The van der Waals surface area contributed by atoms with Gasteiger partial charge in [-0.2, -0.15) is 0 Å². The van der Waals surface area contributed by atoms with Crippen LogP contribution in [-0.2, 0) is 6.42 Å². The second-order valence-corrected chi connectivity index (χ2v) is 4.88. The molecule has 14 heavy (non-hydrogen) atoms. The highest BCUT2D eigenvalue weighted by Crippen LogP contribution is 2.24. The van der Waals surface area contributed by atoms with Crippen LogP contribution in [0, 0.1) is 5.41 Å². The molecule has 1 nitrogen and oxygen atoms in total. The van der Waals surface area contributed by atoms with E-state index < -0.39 is 0 Å². The highest BCUT2D eigenvalue weighted by atomic mass is 79.9. The maximum absolute atomic E-state index is 5.12. The molecule has 1 aromatic carbocycles. The number of benzene rings is 1. The first-order valence-electron chi connectivity index (χ1n) is 4.76. The number of hydrogen-bond donors (Lipinski definition) is 0. The Hall–Kier alpha value is -0.500. The molecule has 0 heterocycles. The van der Waals surface area contributed by atoms with Gasteiger partial charge in [-0.1, -0.05) is 41.9 Å². The Balaban J connectivity index is 2.69. The summed E-state index contributed by atoms with van der Waals surface area (Å²) in [6.07, 6.45) is 1.09. The third-order valence-electron chi connectivity index (χ3n) is 2.20. The molecule has 0 atom stereocenters.